The van der Waals surface area contributed by atoms with Gasteiger partial charge < -0.3 is 5.32 Å². The van der Waals surface area contributed by atoms with Crippen LogP contribution in [0.1, 0.15) is 51.9 Å². The molecule has 0 aromatic rings. The Bertz CT molecular complexity index is 733. The van der Waals surface area contributed by atoms with E-state index in [1.165, 1.54) is 12.0 Å². The number of nitrogens with zero attached hydrogens (tertiary/aromatic N) is 1. The van der Waals surface area contributed by atoms with Crippen molar-refractivity contribution in [2.75, 3.05) is 7.05 Å². The first-order valence-corrected chi connectivity index (χ1v) is 9.27. The number of allylic oxidation sites excluding steroid dienone is 3. The Morgan fingerprint density at radius 2 is 2.24 bits per heavy atom. The molecular weight excluding hydrogens is 308 g/mol. The summed E-state index contributed by atoms with van der Waals surface area (Å²) in [5, 5.41) is 3.00. The topological polar surface area (TPSA) is 41.5 Å². The van der Waals surface area contributed by atoms with Gasteiger partial charge in [-0.3, -0.25) is 9.79 Å². The molecule has 3 aliphatic rings. The highest BCUT2D eigenvalue weighted by Crippen LogP contribution is 2.62. The van der Waals surface area contributed by atoms with E-state index in [-0.39, 0.29) is 22.5 Å². The zero-order chi connectivity index (χ0) is 18.1. The lowest BCUT2D eigenvalue weighted by molar-refractivity contribution is -0.119. The third-order valence-corrected chi connectivity index (χ3v) is 6.45. The largest absolute Gasteiger partial charge is 0.340 e. The van der Waals surface area contributed by atoms with Gasteiger partial charge in [0.1, 0.15) is 0 Å². The highest BCUT2D eigenvalue weighted by Gasteiger charge is 2.54. The van der Waals surface area contributed by atoms with Crippen LogP contribution in [0.5, 0.6) is 0 Å². The van der Waals surface area contributed by atoms with Gasteiger partial charge in [-0.2, -0.15) is 0 Å². The number of fused-ring (bicyclic) bond motifs is 3. The predicted octanol–water partition coefficient (Wildman–Crippen LogP) is 4.18. The molecule has 25 heavy (non-hydrogen) atoms. The van der Waals surface area contributed by atoms with E-state index in [1.807, 2.05) is 0 Å². The van der Waals surface area contributed by atoms with Gasteiger partial charge in [-0.15, -0.1) is 0 Å². The molecule has 0 saturated heterocycles. The number of carbonyl (C=O) groups excluding carboxylic acids is 1. The average Bonchev–Trinajstić information content (AvgIpc) is 2.62. The fraction of sp³-hybridized carbons (Fsp3) is 0.545. The van der Waals surface area contributed by atoms with Gasteiger partial charge in [0.2, 0.25) is 0 Å². The molecule has 0 heterocycles. The van der Waals surface area contributed by atoms with Crippen molar-refractivity contribution in [1.82, 2.24) is 5.32 Å². The van der Waals surface area contributed by atoms with Gasteiger partial charge in [-0.1, -0.05) is 32.1 Å². The van der Waals surface area contributed by atoms with Crippen LogP contribution in [-0.2, 0) is 4.79 Å². The van der Waals surface area contributed by atoms with Crippen molar-refractivity contribution in [2.24, 2.45) is 21.7 Å². The van der Waals surface area contributed by atoms with Gasteiger partial charge in [0, 0.05) is 13.5 Å². The summed E-state index contributed by atoms with van der Waals surface area (Å²) in [6.45, 7) is 10.2. The minimum absolute atomic E-state index is 0.0216. The lowest BCUT2D eigenvalue weighted by atomic mass is 9.48. The van der Waals surface area contributed by atoms with Crippen LogP contribution < -0.4 is 5.32 Å². The first-order chi connectivity index (χ1) is 12.0. The van der Waals surface area contributed by atoms with E-state index in [0.29, 0.717) is 12.3 Å². The van der Waals surface area contributed by atoms with Crippen molar-refractivity contribution in [3.63, 3.8) is 0 Å². The highest BCUT2D eigenvalue weighted by molar-refractivity contribution is 5.99. The molecule has 0 aromatic heterocycles. The second-order valence-corrected chi connectivity index (χ2v) is 7.72. The minimum Gasteiger partial charge on any atom is -0.340 e. The summed E-state index contributed by atoms with van der Waals surface area (Å²) < 4.78 is 0. The summed E-state index contributed by atoms with van der Waals surface area (Å²) in [6, 6.07) is 0. The van der Waals surface area contributed by atoms with Gasteiger partial charge in [0.25, 0.3) is 0 Å². The number of Topliss-reactive ketones (excluding diaryl/α,β-unsaturated/α-hetero) is 1. The van der Waals surface area contributed by atoms with Crippen LogP contribution in [0.2, 0.25) is 0 Å². The third kappa shape index (κ3) is 2.88. The Morgan fingerprint density at radius 1 is 1.44 bits per heavy atom. The SMILES string of the molecule is C=CNC(C#C[C@]12CCCC=C1[C@@]1(C)CCC(=O)C(=C)C1CC2)=NC. The molecule has 0 bridgehead atoms. The van der Waals surface area contributed by atoms with Crippen molar-refractivity contribution in [1.29, 1.82) is 0 Å². The van der Waals surface area contributed by atoms with Crippen LogP contribution in [0.25, 0.3) is 0 Å². The Kier molecular flexibility index (Phi) is 4.73. The summed E-state index contributed by atoms with van der Waals surface area (Å²) in [4.78, 5) is 16.4. The van der Waals surface area contributed by atoms with Crippen LogP contribution in [0.3, 0.4) is 0 Å². The smallest absolute Gasteiger partial charge is 0.177 e. The van der Waals surface area contributed by atoms with Crippen molar-refractivity contribution in [3.05, 3.63) is 36.6 Å². The normalized spacial score (nSPS) is 34.9. The number of hydrogen-bond acceptors (Lipinski definition) is 2. The van der Waals surface area contributed by atoms with E-state index < -0.39 is 0 Å². The molecule has 1 N–H and O–H groups in total. The van der Waals surface area contributed by atoms with Gasteiger partial charge in [-0.05, 0) is 73.1 Å². The van der Waals surface area contributed by atoms with Crippen LogP contribution in [-0.4, -0.2) is 18.7 Å². The van der Waals surface area contributed by atoms with Crippen LogP contribution >= 0.6 is 0 Å². The summed E-state index contributed by atoms with van der Waals surface area (Å²) in [5.41, 5.74) is 2.24. The van der Waals surface area contributed by atoms with E-state index in [2.05, 4.69) is 48.3 Å². The molecule has 0 radical (unpaired) electrons. The summed E-state index contributed by atoms with van der Waals surface area (Å²) in [6.07, 6.45) is 11.0. The summed E-state index contributed by atoms with van der Waals surface area (Å²) >= 11 is 0. The molecule has 0 aromatic carbocycles. The summed E-state index contributed by atoms with van der Waals surface area (Å²) in [7, 11) is 1.74. The number of ketones is 1. The fourth-order valence-electron chi connectivity index (χ4n) is 5.14. The number of carbonyl (C=O) groups is 1. The van der Waals surface area contributed by atoms with Gasteiger partial charge >= 0.3 is 0 Å². The van der Waals surface area contributed by atoms with Crippen LogP contribution in [0.15, 0.2) is 41.6 Å². The predicted molar refractivity (Wildman–Crippen MR) is 103 cm³/mol. The average molecular weight is 336 g/mol. The first-order valence-electron chi connectivity index (χ1n) is 9.27. The number of aliphatic imine (C=N–C) groups is 1. The second-order valence-electron chi connectivity index (χ2n) is 7.72. The third-order valence-electron chi connectivity index (χ3n) is 6.45. The van der Waals surface area contributed by atoms with Crippen molar-refractivity contribution < 1.29 is 4.79 Å². The zero-order valence-electron chi connectivity index (χ0n) is 15.5. The Balaban J connectivity index is 2.01. The molecule has 0 amide bonds. The van der Waals surface area contributed by atoms with Gasteiger partial charge in [-0.25, -0.2) is 0 Å². The maximum absolute atomic E-state index is 12.2. The Labute approximate surface area is 151 Å². The summed E-state index contributed by atoms with van der Waals surface area (Å²) in [5.74, 6) is 8.02. The fourth-order valence-corrected chi connectivity index (χ4v) is 5.14. The standard InChI is InChI=1S/C22H28N2O/c1-5-24-20(23-4)11-15-22-12-7-6-8-19(22)21(3)13-10-18(25)16(2)17(21)9-14-22/h5,8,17H,1-2,6-7,9-10,12-14H2,3-4H3,(H,23,24)/t17?,21-,22+/m0/s1. The molecule has 132 valence electrons. The molecule has 3 heteroatoms. The van der Waals surface area contributed by atoms with E-state index in [1.54, 1.807) is 13.2 Å². The molecule has 0 spiro atoms. The Hall–Kier alpha value is -2.08. The molecule has 3 nitrogen and oxygen atoms in total. The molecule has 2 saturated carbocycles. The monoisotopic (exact) mass is 336 g/mol. The van der Waals surface area contributed by atoms with E-state index in [9.17, 15) is 4.79 Å². The lowest BCUT2D eigenvalue weighted by Crippen LogP contribution is -2.48. The molecule has 1 unspecified atom stereocenters. The number of hydrogen-bond donors (Lipinski definition) is 1. The maximum Gasteiger partial charge on any atom is 0.177 e. The number of nitrogens with one attached hydrogen (secondary N) is 1. The van der Waals surface area contributed by atoms with Crippen molar-refractivity contribution >= 4 is 11.6 Å². The second kappa shape index (κ2) is 6.67. The number of amidine groups is 1. The van der Waals surface area contributed by atoms with Gasteiger partial charge in [0.05, 0.1) is 5.41 Å². The highest BCUT2D eigenvalue weighted by atomic mass is 16.1. The lowest BCUT2D eigenvalue weighted by Gasteiger charge is -2.55. The molecular formula is C22H28N2O. The van der Waals surface area contributed by atoms with E-state index in [4.69, 9.17) is 0 Å². The van der Waals surface area contributed by atoms with Gasteiger partial charge in [0.15, 0.2) is 11.6 Å². The van der Waals surface area contributed by atoms with Crippen molar-refractivity contribution in [2.45, 2.75) is 51.9 Å². The molecule has 3 rings (SSSR count). The molecule has 0 aliphatic heterocycles. The van der Waals surface area contributed by atoms with E-state index in [0.717, 1.165) is 37.7 Å². The van der Waals surface area contributed by atoms with Crippen molar-refractivity contribution in [3.8, 4) is 11.8 Å². The quantitative estimate of drug-likeness (QED) is 0.256. The zero-order valence-corrected chi connectivity index (χ0v) is 15.5. The first kappa shape index (κ1) is 17.7. The van der Waals surface area contributed by atoms with Crippen LogP contribution in [0.4, 0.5) is 0 Å². The maximum atomic E-state index is 12.2. The minimum atomic E-state index is -0.0804. The van der Waals surface area contributed by atoms with E-state index >= 15 is 0 Å². The molecule has 3 aliphatic carbocycles. The molecule has 3 atom stereocenters. The van der Waals surface area contributed by atoms with Crippen LogP contribution in [0, 0.1) is 28.6 Å². The number of rotatable bonds is 1. The Morgan fingerprint density at radius 3 is 2.96 bits per heavy atom. The molecule has 2 fully saturated rings.